The van der Waals surface area contributed by atoms with Gasteiger partial charge in [-0.3, -0.25) is 0 Å². The summed E-state index contributed by atoms with van der Waals surface area (Å²) in [4.78, 5) is 7.44. The molecule has 0 fully saturated rings. The molecule has 0 atom stereocenters. The summed E-state index contributed by atoms with van der Waals surface area (Å²) in [6.07, 6.45) is 2.80. The molecule has 0 radical (unpaired) electrons. The third-order valence-corrected chi connectivity index (χ3v) is 2.30. The van der Waals surface area contributed by atoms with Crippen molar-refractivity contribution in [1.82, 2.24) is 9.97 Å². The second-order valence-corrected chi connectivity index (χ2v) is 3.50. The van der Waals surface area contributed by atoms with Gasteiger partial charge in [-0.25, -0.2) is 4.98 Å². The summed E-state index contributed by atoms with van der Waals surface area (Å²) in [5.41, 5.74) is 2.31. The lowest BCUT2D eigenvalue weighted by molar-refractivity contribution is 0.414. The van der Waals surface area contributed by atoms with Gasteiger partial charge < -0.3 is 9.72 Å². The van der Waals surface area contributed by atoms with Crippen molar-refractivity contribution in [1.29, 1.82) is 0 Å². The molecular formula is C12H14N2O. The van der Waals surface area contributed by atoms with Gasteiger partial charge in [-0.2, -0.15) is 0 Å². The summed E-state index contributed by atoms with van der Waals surface area (Å²) in [6.45, 7) is 1.96. The maximum Gasteiger partial charge on any atom is 0.118 e. The predicted molar refractivity (Wildman–Crippen MR) is 59.1 cm³/mol. The molecule has 0 bridgehead atoms. The maximum absolute atomic E-state index is 5.10. The fourth-order valence-corrected chi connectivity index (χ4v) is 1.51. The summed E-state index contributed by atoms with van der Waals surface area (Å²) < 4.78 is 5.10. The fourth-order valence-electron chi connectivity index (χ4n) is 1.51. The van der Waals surface area contributed by atoms with Gasteiger partial charge in [0.15, 0.2) is 0 Å². The number of aryl methyl sites for hydroxylation is 1. The lowest BCUT2D eigenvalue weighted by Gasteiger charge is -2.01. The van der Waals surface area contributed by atoms with E-state index in [4.69, 9.17) is 4.74 Å². The van der Waals surface area contributed by atoms with Crippen LogP contribution >= 0.6 is 0 Å². The van der Waals surface area contributed by atoms with Gasteiger partial charge in [0, 0.05) is 12.6 Å². The number of imidazole rings is 1. The van der Waals surface area contributed by atoms with Crippen LogP contribution in [0.15, 0.2) is 30.5 Å². The molecule has 0 spiro atoms. The van der Waals surface area contributed by atoms with Gasteiger partial charge in [-0.15, -0.1) is 0 Å². The van der Waals surface area contributed by atoms with Crippen LogP contribution in [0.4, 0.5) is 0 Å². The summed E-state index contributed by atoms with van der Waals surface area (Å²) in [5, 5.41) is 0. The molecule has 1 heterocycles. The summed E-state index contributed by atoms with van der Waals surface area (Å²) in [5.74, 6) is 1.84. The average Bonchev–Trinajstić information content (AvgIpc) is 2.65. The molecule has 1 aromatic heterocycles. The zero-order valence-corrected chi connectivity index (χ0v) is 8.95. The Hall–Kier alpha value is -1.77. The first-order valence-corrected chi connectivity index (χ1v) is 4.92. The molecule has 3 nitrogen and oxygen atoms in total. The van der Waals surface area contributed by atoms with Crippen LogP contribution < -0.4 is 4.74 Å². The number of rotatable bonds is 3. The minimum atomic E-state index is 0.855. The van der Waals surface area contributed by atoms with Gasteiger partial charge in [-0.1, -0.05) is 12.1 Å². The topological polar surface area (TPSA) is 37.9 Å². The number of ether oxygens (including phenoxy) is 1. The summed E-state index contributed by atoms with van der Waals surface area (Å²) in [6, 6.07) is 8.05. The largest absolute Gasteiger partial charge is 0.497 e. The molecule has 0 amide bonds. The van der Waals surface area contributed by atoms with Crippen molar-refractivity contribution in [3.63, 3.8) is 0 Å². The third-order valence-electron chi connectivity index (χ3n) is 2.30. The molecule has 3 heteroatoms. The number of aromatic nitrogens is 2. The molecule has 0 saturated carbocycles. The smallest absolute Gasteiger partial charge is 0.118 e. The van der Waals surface area contributed by atoms with E-state index in [1.807, 2.05) is 25.3 Å². The van der Waals surface area contributed by atoms with Crippen LogP contribution in [0.1, 0.15) is 17.1 Å². The van der Waals surface area contributed by atoms with Crippen LogP contribution in [0, 0.1) is 6.92 Å². The van der Waals surface area contributed by atoms with Crippen LogP contribution in [0.25, 0.3) is 0 Å². The van der Waals surface area contributed by atoms with E-state index in [0.717, 1.165) is 23.7 Å². The monoisotopic (exact) mass is 202 g/mol. The molecule has 1 aromatic carbocycles. The Kier molecular flexibility index (Phi) is 2.72. The van der Waals surface area contributed by atoms with Crippen LogP contribution in [-0.4, -0.2) is 17.1 Å². The lowest BCUT2D eigenvalue weighted by atomic mass is 10.1. The van der Waals surface area contributed by atoms with Crippen molar-refractivity contribution in [2.75, 3.05) is 7.11 Å². The van der Waals surface area contributed by atoms with Gasteiger partial charge in [0.1, 0.15) is 11.6 Å². The molecule has 0 saturated heterocycles. The Labute approximate surface area is 89.1 Å². The van der Waals surface area contributed by atoms with Gasteiger partial charge in [0.25, 0.3) is 0 Å². The molecule has 0 unspecified atom stereocenters. The standard InChI is InChI=1S/C12H14N2O/c1-9-13-8-11(14-9)7-10-3-5-12(15-2)6-4-10/h3-6,8H,7H2,1-2H3,(H,13,14). The van der Waals surface area contributed by atoms with E-state index in [1.54, 1.807) is 7.11 Å². The first kappa shape index (κ1) is 9.77. The van der Waals surface area contributed by atoms with E-state index in [9.17, 15) is 0 Å². The van der Waals surface area contributed by atoms with Crippen molar-refractivity contribution in [2.45, 2.75) is 13.3 Å². The first-order chi connectivity index (χ1) is 7.28. The molecule has 0 aliphatic heterocycles. The number of hydrogen-bond donors (Lipinski definition) is 1. The Bertz CT molecular complexity index is 431. The van der Waals surface area contributed by atoms with Crippen molar-refractivity contribution in [3.05, 3.63) is 47.5 Å². The summed E-state index contributed by atoms with van der Waals surface area (Å²) >= 11 is 0. The van der Waals surface area contributed by atoms with Crippen LogP contribution in [0.2, 0.25) is 0 Å². The highest BCUT2D eigenvalue weighted by Gasteiger charge is 2.00. The van der Waals surface area contributed by atoms with Crippen LogP contribution in [-0.2, 0) is 6.42 Å². The second-order valence-electron chi connectivity index (χ2n) is 3.50. The molecule has 15 heavy (non-hydrogen) atoms. The van der Waals surface area contributed by atoms with Crippen LogP contribution in [0.5, 0.6) is 5.75 Å². The van der Waals surface area contributed by atoms with Crippen molar-refractivity contribution in [2.24, 2.45) is 0 Å². The Morgan fingerprint density at radius 2 is 2.00 bits per heavy atom. The third kappa shape index (κ3) is 2.37. The minimum absolute atomic E-state index is 0.855. The Morgan fingerprint density at radius 3 is 2.53 bits per heavy atom. The Balaban J connectivity index is 2.11. The van der Waals surface area contributed by atoms with Gasteiger partial charge in [0.2, 0.25) is 0 Å². The van der Waals surface area contributed by atoms with Gasteiger partial charge >= 0.3 is 0 Å². The second kappa shape index (κ2) is 4.17. The van der Waals surface area contributed by atoms with Gasteiger partial charge in [-0.05, 0) is 24.6 Å². The van der Waals surface area contributed by atoms with Crippen molar-refractivity contribution < 1.29 is 4.74 Å². The summed E-state index contributed by atoms with van der Waals surface area (Å²) in [7, 11) is 1.67. The quantitative estimate of drug-likeness (QED) is 0.829. The zero-order valence-electron chi connectivity index (χ0n) is 8.95. The van der Waals surface area contributed by atoms with E-state index in [1.165, 1.54) is 5.56 Å². The van der Waals surface area contributed by atoms with E-state index in [2.05, 4.69) is 22.1 Å². The number of hydrogen-bond acceptors (Lipinski definition) is 2. The minimum Gasteiger partial charge on any atom is -0.497 e. The van der Waals surface area contributed by atoms with Crippen molar-refractivity contribution in [3.8, 4) is 5.75 Å². The number of H-pyrrole nitrogens is 1. The van der Waals surface area contributed by atoms with Gasteiger partial charge in [0.05, 0.1) is 12.8 Å². The molecule has 78 valence electrons. The highest BCUT2D eigenvalue weighted by Crippen LogP contribution is 2.13. The first-order valence-electron chi connectivity index (χ1n) is 4.92. The maximum atomic E-state index is 5.10. The highest BCUT2D eigenvalue weighted by molar-refractivity contribution is 5.29. The molecule has 2 aromatic rings. The lowest BCUT2D eigenvalue weighted by Crippen LogP contribution is -1.89. The average molecular weight is 202 g/mol. The highest BCUT2D eigenvalue weighted by atomic mass is 16.5. The van der Waals surface area contributed by atoms with E-state index < -0.39 is 0 Å². The molecule has 0 aliphatic carbocycles. The SMILES string of the molecule is COc1ccc(Cc2c[nH]c(C)n2)cc1. The molecule has 1 N–H and O–H groups in total. The molecule has 0 aliphatic rings. The van der Waals surface area contributed by atoms with E-state index in [0.29, 0.717) is 0 Å². The molecule has 2 rings (SSSR count). The number of nitrogens with zero attached hydrogens (tertiary/aromatic N) is 1. The van der Waals surface area contributed by atoms with Crippen molar-refractivity contribution >= 4 is 0 Å². The predicted octanol–water partition coefficient (Wildman–Crippen LogP) is 2.32. The number of methoxy groups -OCH3 is 1. The normalized spacial score (nSPS) is 10.3. The number of aromatic amines is 1. The molecular weight excluding hydrogens is 188 g/mol. The fraction of sp³-hybridized carbons (Fsp3) is 0.250. The van der Waals surface area contributed by atoms with E-state index >= 15 is 0 Å². The van der Waals surface area contributed by atoms with Crippen LogP contribution in [0.3, 0.4) is 0 Å². The Morgan fingerprint density at radius 1 is 1.27 bits per heavy atom. The number of nitrogens with one attached hydrogen (secondary N) is 1. The zero-order chi connectivity index (χ0) is 10.7. The number of benzene rings is 1. The van der Waals surface area contributed by atoms with E-state index in [-0.39, 0.29) is 0 Å².